The van der Waals surface area contributed by atoms with E-state index in [0.29, 0.717) is 16.9 Å². The monoisotopic (exact) mass is 274 g/mol. The minimum absolute atomic E-state index is 0.0913. The molecule has 0 spiro atoms. The smallest absolute Gasteiger partial charge is 0.157 e. The Labute approximate surface area is 115 Å². The summed E-state index contributed by atoms with van der Waals surface area (Å²) in [6.45, 7) is 0. The third-order valence-corrected chi connectivity index (χ3v) is 3.45. The van der Waals surface area contributed by atoms with E-state index in [9.17, 15) is 20.4 Å². The average Bonchev–Trinajstić information content (AvgIpc) is 2.42. The van der Waals surface area contributed by atoms with Crippen LogP contribution in [0.1, 0.15) is 17.2 Å². The predicted octanol–water partition coefficient (Wildman–Crippen LogP) is 1.84. The van der Waals surface area contributed by atoms with Crippen molar-refractivity contribution in [1.82, 2.24) is 0 Å². The quantitative estimate of drug-likeness (QED) is 0.596. The number of phenolic OH excluding ortho intramolecular Hbond substituents is 3. The topological polar surface area (TPSA) is 90.2 Å². The van der Waals surface area contributed by atoms with E-state index >= 15 is 0 Å². The standard InChI is InChI=1S/C15H14O5/c16-10-2-1-3-14-9(10)7-13(19)15(20-14)8-4-5-11(17)12(18)6-8/h1-6,13,15-19H,7H2. The highest BCUT2D eigenvalue weighted by atomic mass is 16.5. The summed E-state index contributed by atoms with van der Waals surface area (Å²) in [6, 6.07) is 9.21. The highest BCUT2D eigenvalue weighted by Crippen LogP contribution is 2.40. The average molecular weight is 274 g/mol. The molecule has 20 heavy (non-hydrogen) atoms. The van der Waals surface area contributed by atoms with Gasteiger partial charge in [-0.05, 0) is 29.8 Å². The van der Waals surface area contributed by atoms with Crippen LogP contribution in [0.3, 0.4) is 0 Å². The lowest BCUT2D eigenvalue weighted by molar-refractivity contribution is 0.0199. The number of rotatable bonds is 1. The fraction of sp³-hybridized carbons (Fsp3) is 0.200. The molecule has 0 radical (unpaired) electrons. The van der Waals surface area contributed by atoms with Crippen LogP contribution in [-0.4, -0.2) is 26.5 Å². The summed E-state index contributed by atoms with van der Waals surface area (Å²) >= 11 is 0. The van der Waals surface area contributed by atoms with E-state index in [4.69, 9.17) is 4.74 Å². The van der Waals surface area contributed by atoms with Gasteiger partial charge in [0.05, 0.1) is 6.10 Å². The lowest BCUT2D eigenvalue weighted by Crippen LogP contribution is -2.30. The van der Waals surface area contributed by atoms with Crippen LogP contribution < -0.4 is 4.74 Å². The van der Waals surface area contributed by atoms with Gasteiger partial charge in [0, 0.05) is 12.0 Å². The molecule has 0 saturated heterocycles. The first-order valence-corrected chi connectivity index (χ1v) is 6.23. The Hall–Kier alpha value is -2.40. The number of hydrogen-bond donors (Lipinski definition) is 4. The second-order valence-corrected chi connectivity index (χ2v) is 4.81. The lowest BCUT2D eigenvalue weighted by atomic mass is 9.94. The Morgan fingerprint density at radius 1 is 0.950 bits per heavy atom. The SMILES string of the molecule is Oc1ccc(C2Oc3cccc(O)c3CC2O)cc1O. The molecule has 4 N–H and O–H groups in total. The van der Waals surface area contributed by atoms with Gasteiger partial charge in [-0.25, -0.2) is 0 Å². The largest absolute Gasteiger partial charge is 0.508 e. The molecule has 0 aromatic heterocycles. The summed E-state index contributed by atoms with van der Waals surface area (Å²) in [7, 11) is 0. The van der Waals surface area contributed by atoms with Gasteiger partial charge in [-0.15, -0.1) is 0 Å². The first kappa shape index (κ1) is 12.6. The molecule has 2 atom stereocenters. The summed E-state index contributed by atoms with van der Waals surface area (Å²) in [4.78, 5) is 0. The number of benzene rings is 2. The van der Waals surface area contributed by atoms with Gasteiger partial charge in [0.2, 0.25) is 0 Å². The van der Waals surface area contributed by atoms with E-state index < -0.39 is 12.2 Å². The Kier molecular flexibility index (Phi) is 2.91. The van der Waals surface area contributed by atoms with Crippen molar-refractivity contribution in [1.29, 1.82) is 0 Å². The minimum atomic E-state index is -0.847. The third-order valence-electron chi connectivity index (χ3n) is 3.45. The van der Waals surface area contributed by atoms with Crippen molar-refractivity contribution in [2.24, 2.45) is 0 Å². The Morgan fingerprint density at radius 3 is 2.50 bits per heavy atom. The minimum Gasteiger partial charge on any atom is -0.508 e. The fourth-order valence-corrected chi connectivity index (χ4v) is 2.41. The number of aliphatic hydroxyl groups excluding tert-OH is 1. The van der Waals surface area contributed by atoms with Gasteiger partial charge in [0.25, 0.3) is 0 Å². The number of ether oxygens (including phenoxy) is 1. The molecule has 3 rings (SSSR count). The molecule has 5 heteroatoms. The molecule has 1 heterocycles. The van der Waals surface area contributed by atoms with E-state index in [2.05, 4.69) is 0 Å². The molecule has 104 valence electrons. The molecule has 0 saturated carbocycles. The van der Waals surface area contributed by atoms with Crippen LogP contribution in [0.25, 0.3) is 0 Å². The Balaban J connectivity index is 1.98. The van der Waals surface area contributed by atoms with E-state index in [1.165, 1.54) is 12.1 Å². The number of aliphatic hydroxyl groups is 1. The molecule has 1 aliphatic rings. The van der Waals surface area contributed by atoms with Crippen molar-refractivity contribution in [2.45, 2.75) is 18.6 Å². The molecule has 0 aliphatic carbocycles. The van der Waals surface area contributed by atoms with Gasteiger partial charge >= 0.3 is 0 Å². The van der Waals surface area contributed by atoms with Crippen molar-refractivity contribution in [3.8, 4) is 23.0 Å². The molecule has 0 amide bonds. The molecule has 2 aromatic carbocycles. The van der Waals surface area contributed by atoms with Gasteiger partial charge in [-0.3, -0.25) is 0 Å². The van der Waals surface area contributed by atoms with Gasteiger partial charge in [-0.2, -0.15) is 0 Å². The van der Waals surface area contributed by atoms with Crippen LogP contribution in [0.2, 0.25) is 0 Å². The summed E-state index contributed by atoms with van der Waals surface area (Å²) in [5, 5.41) is 38.8. The second kappa shape index (κ2) is 4.61. The van der Waals surface area contributed by atoms with Crippen molar-refractivity contribution >= 4 is 0 Å². The van der Waals surface area contributed by atoms with Crippen LogP contribution in [0, 0.1) is 0 Å². The second-order valence-electron chi connectivity index (χ2n) is 4.81. The number of hydrogen-bond acceptors (Lipinski definition) is 5. The summed E-state index contributed by atoms with van der Waals surface area (Å²) < 4.78 is 5.70. The van der Waals surface area contributed by atoms with Crippen LogP contribution >= 0.6 is 0 Å². The fourth-order valence-electron chi connectivity index (χ4n) is 2.41. The van der Waals surface area contributed by atoms with Crippen LogP contribution in [0.5, 0.6) is 23.0 Å². The van der Waals surface area contributed by atoms with Crippen molar-refractivity contribution in [3.63, 3.8) is 0 Å². The highest BCUT2D eigenvalue weighted by Gasteiger charge is 2.31. The van der Waals surface area contributed by atoms with Crippen LogP contribution in [0.15, 0.2) is 36.4 Å². The van der Waals surface area contributed by atoms with E-state index in [-0.39, 0.29) is 23.7 Å². The zero-order chi connectivity index (χ0) is 14.3. The molecular weight excluding hydrogens is 260 g/mol. The molecule has 0 bridgehead atoms. The molecule has 5 nitrogen and oxygen atoms in total. The third kappa shape index (κ3) is 2.02. The maximum Gasteiger partial charge on any atom is 0.157 e. The van der Waals surface area contributed by atoms with Gasteiger partial charge in [-0.1, -0.05) is 12.1 Å². The first-order valence-electron chi connectivity index (χ1n) is 6.23. The molecule has 0 fully saturated rings. The maximum absolute atomic E-state index is 10.2. The highest BCUT2D eigenvalue weighted by molar-refractivity contribution is 5.48. The van der Waals surface area contributed by atoms with Crippen LogP contribution in [0.4, 0.5) is 0 Å². The summed E-state index contributed by atoms with van der Waals surface area (Å²) in [6.07, 6.45) is -1.25. The Morgan fingerprint density at radius 2 is 1.75 bits per heavy atom. The maximum atomic E-state index is 10.2. The number of fused-ring (bicyclic) bond motifs is 1. The molecule has 2 unspecified atom stereocenters. The first-order chi connectivity index (χ1) is 9.56. The molecule has 1 aliphatic heterocycles. The van der Waals surface area contributed by atoms with Crippen molar-refractivity contribution < 1.29 is 25.2 Å². The van der Waals surface area contributed by atoms with Crippen LogP contribution in [-0.2, 0) is 6.42 Å². The van der Waals surface area contributed by atoms with Crippen molar-refractivity contribution in [3.05, 3.63) is 47.5 Å². The zero-order valence-electron chi connectivity index (χ0n) is 10.5. The lowest BCUT2D eigenvalue weighted by Gasteiger charge is -2.31. The van der Waals surface area contributed by atoms with E-state index in [1.54, 1.807) is 24.3 Å². The van der Waals surface area contributed by atoms with Gasteiger partial charge in [0.15, 0.2) is 11.5 Å². The zero-order valence-corrected chi connectivity index (χ0v) is 10.5. The van der Waals surface area contributed by atoms with Gasteiger partial charge < -0.3 is 25.2 Å². The van der Waals surface area contributed by atoms with E-state index in [1.807, 2.05) is 0 Å². The number of aromatic hydroxyl groups is 3. The summed E-state index contributed by atoms with van der Waals surface area (Å²) in [5.74, 6) is 0.110. The summed E-state index contributed by atoms with van der Waals surface area (Å²) in [5.41, 5.74) is 1.13. The van der Waals surface area contributed by atoms with Crippen molar-refractivity contribution in [2.75, 3.05) is 0 Å². The predicted molar refractivity (Wildman–Crippen MR) is 71.0 cm³/mol. The molecule has 2 aromatic rings. The molecular formula is C15H14O5. The van der Waals surface area contributed by atoms with E-state index in [0.717, 1.165) is 0 Å². The normalized spacial score (nSPS) is 21.1. The Bertz CT molecular complexity index is 653. The van der Waals surface area contributed by atoms with Gasteiger partial charge in [0.1, 0.15) is 17.6 Å². The number of phenols is 3.